The van der Waals surface area contributed by atoms with Crippen LogP contribution in [0.25, 0.3) is 0 Å². The number of carbonyl (C=O) groups is 1. The lowest BCUT2D eigenvalue weighted by molar-refractivity contribution is 0.0697. The van der Waals surface area contributed by atoms with Gasteiger partial charge in [-0.3, -0.25) is 0 Å². The highest BCUT2D eigenvalue weighted by molar-refractivity contribution is 5.88. The second kappa shape index (κ2) is 5.66. The maximum atomic E-state index is 10.8. The predicted molar refractivity (Wildman–Crippen MR) is 66.3 cm³/mol. The summed E-state index contributed by atoms with van der Waals surface area (Å²) in [4.78, 5) is 15.0. The smallest absolute Gasteiger partial charge is 0.335 e. The lowest BCUT2D eigenvalue weighted by Crippen LogP contribution is -2.19. The zero-order chi connectivity index (χ0) is 12.1. The number of nitrogens with one attached hydrogen (secondary N) is 1. The van der Waals surface area contributed by atoms with Crippen molar-refractivity contribution in [1.29, 1.82) is 0 Å². The molecule has 0 atom stereocenters. The van der Waals surface area contributed by atoms with E-state index in [0.717, 1.165) is 12.8 Å². The molecule has 2 rings (SSSR count). The predicted octanol–water partition coefficient (Wildman–Crippen LogP) is 2.91. The van der Waals surface area contributed by atoms with Crippen molar-refractivity contribution in [3.63, 3.8) is 0 Å². The van der Waals surface area contributed by atoms with Gasteiger partial charge >= 0.3 is 5.97 Å². The highest BCUT2D eigenvalue weighted by Gasteiger charge is 2.13. The van der Waals surface area contributed by atoms with E-state index < -0.39 is 5.97 Å². The van der Waals surface area contributed by atoms with Crippen molar-refractivity contribution < 1.29 is 9.90 Å². The van der Waals surface area contributed by atoms with Crippen LogP contribution in [-0.2, 0) is 0 Å². The summed E-state index contributed by atoms with van der Waals surface area (Å²) in [5.74, 6) is -0.229. The van der Waals surface area contributed by atoms with Gasteiger partial charge in [-0.05, 0) is 25.0 Å². The number of rotatable bonds is 3. The molecule has 0 aliphatic heterocycles. The SMILES string of the molecule is O=C(O)c1ccnc(NC2CCCCCC2)c1. The van der Waals surface area contributed by atoms with Gasteiger partial charge in [0.05, 0.1) is 5.56 Å². The van der Waals surface area contributed by atoms with Crippen LogP contribution in [-0.4, -0.2) is 22.1 Å². The van der Waals surface area contributed by atoms with Gasteiger partial charge < -0.3 is 10.4 Å². The minimum atomic E-state index is -0.906. The van der Waals surface area contributed by atoms with Gasteiger partial charge in [0, 0.05) is 12.2 Å². The zero-order valence-corrected chi connectivity index (χ0v) is 9.85. The van der Waals surface area contributed by atoms with E-state index in [2.05, 4.69) is 10.3 Å². The number of anilines is 1. The quantitative estimate of drug-likeness (QED) is 0.789. The summed E-state index contributed by atoms with van der Waals surface area (Å²) in [7, 11) is 0. The van der Waals surface area contributed by atoms with E-state index in [1.165, 1.54) is 31.7 Å². The van der Waals surface area contributed by atoms with Crippen LogP contribution in [0.15, 0.2) is 18.3 Å². The number of nitrogens with zero attached hydrogens (tertiary/aromatic N) is 1. The lowest BCUT2D eigenvalue weighted by Gasteiger charge is -2.16. The third kappa shape index (κ3) is 3.44. The average molecular weight is 234 g/mol. The number of hydrogen-bond donors (Lipinski definition) is 2. The van der Waals surface area contributed by atoms with Crippen LogP contribution in [0.1, 0.15) is 48.9 Å². The summed E-state index contributed by atoms with van der Waals surface area (Å²) in [6.45, 7) is 0. The molecule has 17 heavy (non-hydrogen) atoms. The summed E-state index contributed by atoms with van der Waals surface area (Å²) in [6.07, 6.45) is 8.95. The molecule has 4 nitrogen and oxygen atoms in total. The van der Waals surface area contributed by atoms with Gasteiger partial charge in [0.1, 0.15) is 5.82 Å². The maximum absolute atomic E-state index is 10.8. The molecule has 0 unspecified atom stereocenters. The van der Waals surface area contributed by atoms with Crippen LogP contribution < -0.4 is 5.32 Å². The third-order valence-corrected chi connectivity index (χ3v) is 3.21. The van der Waals surface area contributed by atoms with Crippen LogP contribution in [0.3, 0.4) is 0 Å². The number of hydrogen-bond acceptors (Lipinski definition) is 3. The van der Waals surface area contributed by atoms with Gasteiger partial charge in [0.25, 0.3) is 0 Å². The fraction of sp³-hybridized carbons (Fsp3) is 0.538. The lowest BCUT2D eigenvalue weighted by atomic mass is 10.1. The van der Waals surface area contributed by atoms with Gasteiger partial charge in [0.2, 0.25) is 0 Å². The second-order valence-electron chi connectivity index (χ2n) is 4.57. The Labute approximate surface area is 101 Å². The molecule has 4 heteroatoms. The Morgan fingerprint density at radius 2 is 2.00 bits per heavy atom. The van der Waals surface area contributed by atoms with Gasteiger partial charge in [-0.2, -0.15) is 0 Å². The summed E-state index contributed by atoms with van der Waals surface area (Å²) in [5, 5.41) is 12.2. The molecule has 1 aromatic heterocycles. The minimum Gasteiger partial charge on any atom is -0.478 e. The minimum absolute atomic E-state index is 0.288. The van der Waals surface area contributed by atoms with E-state index in [-0.39, 0.29) is 5.56 Å². The first-order valence-corrected chi connectivity index (χ1v) is 6.21. The van der Waals surface area contributed by atoms with E-state index in [1.54, 1.807) is 12.3 Å². The molecule has 0 aromatic carbocycles. The largest absolute Gasteiger partial charge is 0.478 e. The fourth-order valence-electron chi connectivity index (χ4n) is 2.28. The number of carboxylic acid groups (broad SMARTS) is 1. The van der Waals surface area contributed by atoms with Crippen molar-refractivity contribution in [2.75, 3.05) is 5.32 Å². The standard InChI is InChI=1S/C13H18N2O2/c16-13(17)10-7-8-14-12(9-10)15-11-5-3-1-2-4-6-11/h7-9,11H,1-6H2,(H,14,15)(H,16,17). The van der Waals surface area contributed by atoms with Crippen LogP contribution in [0.2, 0.25) is 0 Å². The Morgan fingerprint density at radius 1 is 1.29 bits per heavy atom. The monoisotopic (exact) mass is 234 g/mol. The van der Waals surface area contributed by atoms with Crippen molar-refractivity contribution in [1.82, 2.24) is 4.98 Å². The Kier molecular flexibility index (Phi) is 3.96. The fourth-order valence-corrected chi connectivity index (χ4v) is 2.28. The van der Waals surface area contributed by atoms with Gasteiger partial charge in [-0.1, -0.05) is 25.7 Å². The Bertz CT molecular complexity index is 385. The zero-order valence-electron chi connectivity index (χ0n) is 9.85. The van der Waals surface area contributed by atoms with Crippen molar-refractivity contribution in [3.8, 4) is 0 Å². The molecule has 92 valence electrons. The van der Waals surface area contributed by atoms with E-state index >= 15 is 0 Å². The number of aromatic nitrogens is 1. The first-order chi connectivity index (χ1) is 8.25. The number of aromatic carboxylic acids is 1. The van der Waals surface area contributed by atoms with Crippen molar-refractivity contribution in [2.24, 2.45) is 0 Å². The molecule has 1 heterocycles. The number of carboxylic acids is 1. The van der Waals surface area contributed by atoms with E-state index in [9.17, 15) is 4.79 Å². The van der Waals surface area contributed by atoms with Crippen LogP contribution in [0.5, 0.6) is 0 Å². The summed E-state index contributed by atoms with van der Waals surface area (Å²) in [5.41, 5.74) is 0.288. The first-order valence-electron chi connectivity index (χ1n) is 6.21. The van der Waals surface area contributed by atoms with Gasteiger partial charge in [0.15, 0.2) is 0 Å². The third-order valence-electron chi connectivity index (χ3n) is 3.21. The molecule has 0 amide bonds. The molecule has 0 bridgehead atoms. The summed E-state index contributed by atoms with van der Waals surface area (Å²) in [6, 6.07) is 3.56. The molecular weight excluding hydrogens is 216 g/mol. The Hall–Kier alpha value is -1.58. The molecule has 1 aromatic rings. The second-order valence-corrected chi connectivity index (χ2v) is 4.57. The highest BCUT2D eigenvalue weighted by Crippen LogP contribution is 2.20. The van der Waals surface area contributed by atoms with Crippen molar-refractivity contribution in [3.05, 3.63) is 23.9 Å². The molecule has 1 saturated carbocycles. The van der Waals surface area contributed by atoms with E-state index in [1.807, 2.05) is 0 Å². The van der Waals surface area contributed by atoms with Crippen LogP contribution in [0, 0.1) is 0 Å². The molecule has 0 spiro atoms. The average Bonchev–Trinajstić information content (AvgIpc) is 2.58. The molecule has 0 radical (unpaired) electrons. The normalized spacial score (nSPS) is 17.4. The van der Waals surface area contributed by atoms with Crippen molar-refractivity contribution in [2.45, 2.75) is 44.6 Å². The molecular formula is C13H18N2O2. The van der Waals surface area contributed by atoms with Crippen LogP contribution in [0.4, 0.5) is 5.82 Å². The molecule has 1 fully saturated rings. The molecule has 0 saturated heterocycles. The topological polar surface area (TPSA) is 62.2 Å². The van der Waals surface area contributed by atoms with E-state index in [4.69, 9.17) is 5.11 Å². The molecule has 1 aliphatic carbocycles. The Balaban J connectivity index is 2.01. The highest BCUT2D eigenvalue weighted by atomic mass is 16.4. The van der Waals surface area contributed by atoms with Gasteiger partial charge in [-0.15, -0.1) is 0 Å². The molecule has 1 aliphatic rings. The Morgan fingerprint density at radius 3 is 2.65 bits per heavy atom. The number of pyridine rings is 1. The van der Waals surface area contributed by atoms with E-state index in [0.29, 0.717) is 11.9 Å². The van der Waals surface area contributed by atoms with Crippen LogP contribution >= 0.6 is 0 Å². The summed E-state index contributed by atoms with van der Waals surface area (Å²) < 4.78 is 0. The first kappa shape index (κ1) is 11.9. The summed E-state index contributed by atoms with van der Waals surface area (Å²) >= 11 is 0. The maximum Gasteiger partial charge on any atom is 0.335 e. The van der Waals surface area contributed by atoms with Crippen molar-refractivity contribution >= 4 is 11.8 Å². The molecule has 2 N–H and O–H groups in total. The van der Waals surface area contributed by atoms with Gasteiger partial charge in [-0.25, -0.2) is 9.78 Å².